The van der Waals surface area contributed by atoms with Gasteiger partial charge < -0.3 is 16.0 Å². The summed E-state index contributed by atoms with van der Waals surface area (Å²) in [6, 6.07) is 8.21. The molecule has 3 aromatic rings. The predicted molar refractivity (Wildman–Crippen MR) is 129 cm³/mol. The van der Waals surface area contributed by atoms with Crippen LogP contribution in [0, 0.1) is 6.92 Å². The average molecular weight is 522 g/mol. The number of aryl methyl sites for hydroxylation is 1. The lowest BCUT2D eigenvalue weighted by Crippen LogP contribution is -2.26. The molecular formula is C22H22F3N7O3S. The van der Waals surface area contributed by atoms with E-state index in [4.69, 9.17) is 0 Å². The zero-order chi connectivity index (χ0) is 26.3. The lowest BCUT2D eigenvalue weighted by atomic mass is 10.1. The summed E-state index contributed by atoms with van der Waals surface area (Å²) in [5.41, 5.74) is 1.63. The van der Waals surface area contributed by atoms with Crippen LogP contribution in [0.2, 0.25) is 0 Å². The number of alkyl halides is 3. The number of aromatic nitrogens is 3. The molecule has 0 saturated carbocycles. The van der Waals surface area contributed by atoms with Crippen molar-refractivity contribution in [1.82, 2.24) is 15.0 Å². The van der Waals surface area contributed by atoms with Crippen LogP contribution >= 0.6 is 0 Å². The third kappa shape index (κ3) is 5.48. The van der Waals surface area contributed by atoms with Crippen molar-refractivity contribution in [2.45, 2.75) is 26.1 Å². The standard InChI is InChI=1S/C22H22F3N7O3S/c1-12-7-13(8-17(28-12)32(2)36(3,34)35)10-26-20-15(22(23,24)25)11-27-21(31-20)29-16-6-4-5-14-9-18(33)30-19(14)16/h4-8,11H,9-10H2,1-3H3,(H,30,33)(H2,26,27,29,31). The Labute approximate surface area is 205 Å². The smallest absolute Gasteiger partial charge is 0.365 e. The molecule has 0 bridgehead atoms. The SMILES string of the molecule is Cc1cc(CNc2nc(Nc3cccc4c3NC(=O)C4)ncc2C(F)(F)F)cc(N(C)S(C)(=O)=O)n1. The maximum absolute atomic E-state index is 13.6. The summed E-state index contributed by atoms with van der Waals surface area (Å²) >= 11 is 0. The Kier molecular flexibility index (Phi) is 6.47. The molecule has 4 rings (SSSR count). The zero-order valence-electron chi connectivity index (χ0n) is 19.4. The Balaban J connectivity index is 1.62. The van der Waals surface area contributed by atoms with Crippen LogP contribution in [0.25, 0.3) is 0 Å². The van der Waals surface area contributed by atoms with E-state index in [9.17, 15) is 26.4 Å². The summed E-state index contributed by atoms with van der Waals surface area (Å²) in [7, 11) is -2.24. The van der Waals surface area contributed by atoms with Gasteiger partial charge in [-0.15, -0.1) is 0 Å². The number of halogens is 3. The number of carbonyl (C=O) groups is 1. The van der Waals surface area contributed by atoms with Gasteiger partial charge in [0, 0.05) is 25.5 Å². The number of hydrogen-bond donors (Lipinski definition) is 3. The lowest BCUT2D eigenvalue weighted by Gasteiger charge is -2.18. The van der Waals surface area contributed by atoms with Gasteiger partial charge in [0.05, 0.1) is 24.1 Å². The Hall–Kier alpha value is -3.94. The van der Waals surface area contributed by atoms with Crippen molar-refractivity contribution in [2.24, 2.45) is 0 Å². The predicted octanol–water partition coefficient (Wildman–Crippen LogP) is 3.44. The normalized spacial score (nSPS) is 13.2. The highest BCUT2D eigenvalue weighted by atomic mass is 32.2. The molecule has 3 N–H and O–H groups in total. The fourth-order valence-electron chi connectivity index (χ4n) is 3.60. The number of para-hydroxylation sites is 1. The molecule has 3 heterocycles. The molecule has 1 aromatic carbocycles. The van der Waals surface area contributed by atoms with Crippen molar-refractivity contribution in [3.8, 4) is 0 Å². The topological polar surface area (TPSA) is 129 Å². The number of carbonyl (C=O) groups excluding carboxylic acids is 1. The number of fused-ring (bicyclic) bond motifs is 1. The Bertz CT molecular complexity index is 1450. The number of rotatable bonds is 7. The fraction of sp³-hybridized carbons (Fsp3) is 0.273. The number of sulfonamides is 1. The summed E-state index contributed by atoms with van der Waals surface area (Å²) in [6.45, 7) is 1.55. The maximum Gasteiger partial charge on any atom is 0.421 e. The van der Waals surface area contributed by atoms with E-state index in [0.29, 0.717) is 28.8 Å². The molecule has 0 fully saturated rings. The molecule has 2 aromatic heterocycles. The lowest BCUT2D eigenvalue weighted by molar-refractivity contribution is -0.137. The van der Waals surface area contributed by atoms with E-state index in [1.54, 1.807) is 31.2 Å². The minimum atomic E-state index is -4.72. The number of hydrogen-bond acceptors (Lipinski definition) is 8. The van der Waals surface area contributed by atoms with E-state index >= 15 is 0 Å². The van der Waals surface area contributed by atoms with E-state index < -0.39 is 27.6 Å². The van der Waals surface area contributed by atoms with Gasteiger partial charge in [-0.05, 0) is 36.2 Å². The van der Waals surface area contributed by atoms with Crippen molar-refractivity contribution in [3.63, 3.8) is 0 Å². The Morgan fingerprint density at radius 1 is 1.19 bits per heavy atom. The van der Waals surface area contributed by atoms with E-state index in [-0.39, 0.29) is 30.6 Å². The van der Waals surface area contributed by atoms with Crippen molar-refractivity contribution < 1.29 is 26.4 Å². The van der Waals surface area contributed by atoms with Gasteiger partial charge in [0.25, 0.3) is 0 Å². The van der Waals surface area contributed by atoms with Crippen molar-refractivity contribution in [3.05, 3.63) is 58.9 Å². The van der Waals surface area contributed by atoms with Gasteiger partial charge in [-0.25, -0.2) is 18.4 Å². The second-order valence-corrected chi connectivity index (χ2v) is 10.2. The van der Waals surface area contributed by atoms with Gasteiger partial charge >= 0.3 is 6.18 Å². The van der Waals surface area contributed by atoms with Gasteiger partial charge in [-0.2, -0.15) is 18.2 Å². The van der Waals surface area contributed by atoms with Gasteiger partial charge in [0.15, 0.2) is 0 Å². The number of pyridine rings is 1. The molecule has 190 valence electrons. The van der Waals surface area contributed by atoms with Gasteiger partial charge in [-0.3, -0.25) is 9.10 Å². The van der Waals surface area contributed by atoms with E-state index in [0.717, 1.165) is 16.1 Å². The third-order valence-electron chi connectivity index (χ3n) is 5.39. The van der Waals surface area contributed by atoms with Crippen LogP contribution in [0.15, 0.2) is 36.5 Å². The third-order valence-corrected chi connectivity index (χ3v) is 6.57. The molecule has 1 aliphatic heterocycles. The summed E-state index contributed by atoms with van der Waals surface area (Å²) < 4.78 is 65.7. The highest BCUT2D eigenvalue weighted by molar-refractivity contribution is 7.92. The number of amides is 1. The van der Waals surface area contributed by atoms with E-state index in [1.165, 1.54) is 13.1 Å². The molecule has 1 amide bonds. The van der Waals surface area contributed by atoms with E-state index in [2.05, 4.69) is 30.9 Å². The minimum Gasteiger partial charge on any atom is -0.365 e. The van der Waals surface area contributed by atoms with Crippen LogP contribution in [0.3, 0.4) is 0 Å². The second kappa shape index (κ2) is 9.26. The van der Waals surface area contributed by atoms with Crippen LogP contribution in [0.5, 0.6) is 0 Å². The molecule has 0 atom stereocenters. The van der Waals surface area contributed by atoms with Crippen LogP contribution in [0.4, 0.5) is 42.1 Å². The van der Waals surface area contributed by atoms with E-state index in [1.807, 2.05) is 0 Å². The first-order valence-corrected chi connectivity index (χ1v) is 12.4. The molecule has 36 heavy (non-hydrogen) atoms. The summed E-state index contributed by atoms with van der Waals surface area (Å²) in [6.07, 6.45) is -2.83. The molecule has 1 aliphatic rings. The molecule has 10 nitrogen and oxygen atoms in total. The quantitative estimate of drug-likeness (QED) is 0.431. The average Bonchev–Trinajstić information content (AvgIpc) is 3.17. The molecule has 0 radical (unpaired) electrons. The van der Waals surface area contributed by atoms with Gasteiger partial charge in [0.1, 0.15) is 17.2 Å². The number of nitrogens with one attached hydrogen (secondary N) is 3. The minimum absolute atomic E-state index is 0.0930. The zero-order valence-corrected chi connectivity index (χ0v) is 20.3. The fourth-order valence-corrected chi connectivity index (χ4v) is 4.03. The second-order valence-electron chi connectivity index (χ2n) is 8.20. The first kappa shape index (κ1) is 25.2. The van der Waals surface area contributed by atoms with Crippen molar-refractivity contribution in [1.29, 1.82) is 0 Å². The Morgan fingerprint density at radius 3 is 2.64 bits per heavy atom. The molecule has 0 unspecified atom stereocenters. The molecule has 0 spiro atoms. The molecule has 0 saturated heterocycles. The maximum atomic E-state index is 13.6. The molecule has 14 heteroatoms. The van der Waals surface area contributed by atoms with Gasteiger partial charge in [-0.1, -0.05) is 12.1 Å². The monoisotopic (exact) mass is 521 g/mol. The molecular weight excluding hydrogens is 499 g/mol. The summed E-state index contributed by atoms with van der Waals surface area (Å²) in [5.74, 6) is -0.633. The van der Waals surface area contributed by atoms with Crippen molar-refractivity contribution >= 4 is 44.9 Å². The number of anilines is 5. The first-order chi connectivity index (χ1) is 16.8. The summed E-state index contributed by atoms with van der Waals surface area (Å²) in [5, 5.41) is 8.25. The van der Waals surface area contributed by atoms with Crippen LogP contribution in [0.1, 0.15) is 22.4 Å². The summed E-state index contributed by atoms with van der Waals surface area (Å²) in [4.78, 5) is 23.7. The van der Waals surface area contributed by atoms with Crippen LogP contribution in [-0.4, -0.2) is 42.6 Å². The number of benzene rings is 1. The first-order valence-electron chi connectivity index (χ1n) is 10.6. The van der Waals surface area contributed by atoms with Crippen molar-refractivity contribution in [2.75, 3.05) is 33.6 Å². The highest BCUT2D eigenvalue weighted by Gasteiger charge is 2.35. The number of nitrogens with zero attached hydrogens (tertiary/aromatic N) is 4. The highest BCUT2D eigenvalue weighted by Crippen LogP contribution is 2.36. The van der Waals surface area contributed by atoms with Gasteiger partial charge in [0.2, 0.25) is 21.9 Å². The van der Waals surface area contributed by atoms with Crippen LogP contribution in [-0.2, 0) is 34.0 Å². The Morgan fingerprint density at radius 2 is 1.94 bits per heavy atom. The molecule has 0 aliphatic carbocycles. The largest absolute Gasteiger partial charge is 0.421 e. The van der Waals surface area contributed by atoms with Crippen LogP contribution < -0.4 is 20.3 Å².